The molecule has 0 saturated heterocycles. The lowest BCUT2D eigenvalue weighted by atomic mass is 10.2. The van der Waals surface area contributed by atoms with Crippen LogP contribution in [0.15, 0.2) is 18.2 Å². The smallest absolute Gasteiger partial charge is 0.258 e. The second-order valence-corrected chi connectivity index (χ2v) is 4.95. The lowest BCUT2D eigenvalue weighted by Gasteiger charge is -2.13. The van der Waals surface area contributed by atoms with Gasteiger partial charge >= 0.3 is 0 Å². The number of halogens is 1. The van der Waals surface area contributed by atoms with Gasteiger partial charge in [-0.05, 0) is 37.1 Å². The summed E-state index contributed by atoms with van der Waals surface area (Å²) in [6.45, 7) is 7.17. The summed E-state index contributed by atoms with van der Waals surface area (Å²) < 4.78 is 18.9. The van der Waals surface area contributed by atoms with Gasteiger partial charge < -0.3 is 15.8 Å². The molecule has 0 fully saturated rings. The van der Waals surface area contributed by atoms with Gasteiger partial charge in [0.15, 0.2) is 17.7 Å². The first-order chi connectivity index (χ1) is 8.90. The highest BCUT2D eigenvalue weighted by atomic mass is 19.1. The zero-order chi connectivity index (χ0) is 14.4. The minimum absolute atomic E-state index is 0.0407. The maximum absolute atomic E-state index is 13.8. The average Bonchev–Trinajstić information content (AvgIpc) is 2.31. The SMILES string of the molecule is CC(C)CNCc1ccc(OC(C)C(N)=O)c(F)c1. The fourth-order valence-electron chi connectivity index (χ4n) is 1.50. The molecular weight excluding hydrogens is 247 g/mol. The summed E-state index contributed by atoms with van der Waals surface area (Å²) in [6, 6.07) is 4.68. The Morgan fingerprint density at radius 1 is 1.42 bits per heavy atom. The molecule has 4 nitrogen and oxygen atoms in total. The Balaban J connectivity index is 2.61. The maximum Gasteiger partial charge on any atom is 0.258 e. The van der Waals surface area contributed by atoms with Crippen molar-refractivity contribution in [2.24, 2.45) is 11.7 Å². The number of rotatable bonds is 7. The fourth-order valence-corrected chi connectivity index (χ4v) is 1.50. The molecule has 0 aromatic heterocycles. The molecule has 19 heavy (non-hydrogen) atoms. The molecule has 1 rings (SSSR count). The van der Waals surface area contributed by atoms with Crippen LogP contribution in [0.3, 0.4) is 0 Å². The number of nitrogens with two attached hydrogens (primary N) is 1. The van der Waals surface area contributed by atoms with Crippen molar-refractivity contribution >= 4 is 5.91 Å². The third kappa shape index (κ3) is 5.26. The molecule has 0 spiro atoms. The normalized spacial score (nSPS) is 12.5. The summed E-state index contributed by atoms with van der Waals surface area (Å²) in [5, 5.41) is 3.23. The Bertz CT molecular complexity index is 435. The standard InChI is InChI=1S/C14H21FN2O2/c1-9(2)7-17-8-11-4-5-13(12(15)6-11)19-10(3)14(16)18/h4-6,9-10,17H,7-8H2,1-3H3,(H2,16,18). The van der Waals surface area contributed by atoms with Crippen LogP contribution in [-0.4, -0.2) is 18.6 Å². The summed E-state index contributed by atoms with van der Waals surface area (Å²) in [6.07, 6.45) is -0.848. The molecule has 1 atom stereocenters. The fraction of sp³-hybridized carbons (Fsp3) is 0.500. The Hall–Kier alpha value is -1.62. The lowest BCUT2D eigenvalue weighted by molar-refractivity contribution is -0.124. The zero-order valence-corrected chi connectivity index (χ0v) is 11.6. The number of benzene rings is 1. The van der Waals surface area contributed by atoms with Gasteiger partial charge in [-0.1, -0.05) is 19.9 Å². The summed E-state index contributed by atoms with van der Waals surface area (Å²) >= 11 is 0. The van der Waals surface area contributed by atoms with E-state index in [1.807, 2.05) is 0 Å². The topological polar surface area (TPSA) is 64.3 Å². The van der Waals surface area contributed by atoms with Gasteiger partial charge in [-0.2, -0.15) is 0 Å². The van der Waals surface area contributed by atoms with E-state index < -0.39 is 17.8 Å². The van der Waals surface area contributed by atoms with E-state index in [1.165, 1.54) is 19.1 Å². The largest absolute Gasteiger partial charge is 0.478 e. The van der Waals surface area contributed by atoms with Crippen LogP contribution in [0, 0.1) is 11.7 Å². The van der Waals surface area contributed by atoms with Crippen LogP contribution in [0.4, 0.5) is 4.39 Å². The van der Waals surface area contributed by atoms with Gasteiger partial charge in [0.25, 0.3) is 5.91 Å². The highest BCUT2D eigenvalue weighted by Gasteiger charge is 2.13. The molecule has 1 amide bonds. The second-order valence-electron chi connectivity index (χ2n) is 4.95. The number of primary amides is 1. The molecule has 106 valence electrons. The van der Waals surface area contributed by atoms with Crippen LogP contribution in [0.25, 0.3) is 0 Å². The third-order valence-corrected chi connectivity index (χ3v) is 2.58. The Morgan fingerprint density at radius 3 is 2.63 bits per heavy atom. The minimum Gasteiger partial charge on any atom is -0.478 e. The summed E-state index contributed by atoms with van der Waals surface area (Å²) in [4.78, 5) is 10.9. The summed E-state index contributed by atoms with van der Waals surface area (Å²) in [5.74, 6) is -0.526. The van der Waals surface area contributed by atoms with Gasteiger partial charge in [0.1, 0.15) is 0 Å². The Morgan fingerprint density at radius 2 is 2.11 bits per heavy atom. The van der Waals surface area contributed by atoms with Crippen molar-refractivity contribution in [1.82, 2.24) is 5.32 Å². The van der Waals surface area contributed by atoms with Gasteiger partial charge in [-0.15, -0.1) is 0 Å². The van der Waals surface area contributed by atoms with Crippen molar-refractivity contribution in [3.63, 3.8) is 0 Å². The van der Waals surface area contributed by atoms with Crippen molar-refractivity contribution in [2.45, 2.75) is 33.4 Å². The van der Waals surface area contributed by atoms with Gasteiger partial charge in [-0.3, -0.25) is 4.79 Å². The number of amides is 1. The Kier molecular flexibility index (Phi) is 5.76. The van der Waals surface area contributed by atoms with Crippen molar-refractivity contribution in [1.29, 1.82) is 0 Å². The summed E-state index contributed by atoms with van der Waals surface area (Å²) in [7, 11) is 0. The first kappa shape index (κ1) is 15.4. The maximum atomic E-state index is 13.8. The number of carbonyl (C=O) groups is 1. The van der Waals surface area contributed by atoms with E-state index >= 15 is 0 Å². The van der Waals surface area contributed by atoms with Crippen LogP contribution in [-0.2, 0) is 11.3 Å². The number of hydrogen-bond acceptors (Lipinski definition) is 3. The monoisotopic (exact) mass is 268 g/mol. The van der Waals surface area contributed by atoms with Crippen LogP contribution in [0.1, 0.15) is 26.3 Å². The molecule has 3 N–H and O–H groups in total. The molecule has 0 radical (unpaired) electrons. The second kappa shape index (κ2) is 7.09. The first-order valence-electron chi connectivity index (χ1n) is 6.35. The van der Waals surface area contributed by atoms with Crippen LogP contribution in [0.5, 0.6) is 5.75 Å². The molecule has 0 aliphatic heterocycles. The van der Waals surface area contributed by atoms with E-state index in [9.17, 15) is 9.18 Å². The minimum atomic E-state index is -0.848. The van der Waals surface area contributed by atoms with E-state index in [0.29, 0.717) is 12.5 Å². The van der Waals surface area contributed by atoms with E-state index in [1.54, 1.807) is 6.07 Å². The molecular formula is C14H21FN2O2. The van der Waals surface area contributed by atoms with E-state index in [2.05, 4.69) is 19.2 Å². The van der Waals surface area contributed by atoms with Crippen molar-refractivity contribution in [3.8, 4) is 5.75 Å². The summed E-state index contributed by atoms with van der Waals surface area (Å²) in [5.41, 5.74) is 5.89. The highest BCUT2D eigenvalue weighted by Crippen LogP contribution is 2.19. The van der Waals surface area contributed by atoms with Crippen molar-refractivity contribution in [3.05, 3.63) is 29.6 Å². The van der Waals surface area contributed by atoms with Crippen LogP contribution < -0.4 is 15.8 Å². The van der Waals surface area contributed by atoms with Gasteiger partial charge in [-0.25, -0.2) is 4.39 Å². The predicted molar refractivity (Wildman–Crippen MR) is 72.2 cm³/mol. The predicted octanol–water partition coefficient (Wildman–Crippen LogP) is 1.82. The molecule has 0 saturated carbocycles. The number of carbonyl (C=O) groups excluding carboxylic acids is 1. The van der Waals surface area contributed by atoms with Crippen molar-refractivity contribution in [2.75, 3.05) is 6.54 Å². The van der Waals surface area contributed by atoms with Gasteiger partial charge in [0.05, 0.1) is 0 Å². The molecule has 5 heteroatoms. The van der Waals surface area contributed by atoms with Gasteiger partial charge in [0.2, 0.25) is 0 Å². The van der Waals surface area contributed by atoms with Crippen molar-refractivity contribution < 1.29 is 13.9 Å². The molecule has 1 unspecified atom stereocenters. The quantitative estimate of drug-likeness (QED) is 0.793. The molecule has 0 aliphatic rings. The molecule has 1 aromatic carbocycles. The van der Waals surface area contributed by atoms with Gasteiger partial charge in [0, 0.05) is 6.54 Å². The average molecular weight is 268 g/mol. The van der Waals surface area contributed by atoms with Crippen LogP contribution >= 0.6 is 0 Å². The number of ether oxygens (including phenoxy) is 1. The van der Waals surface area contributed by atoms with E-state index in [-0.39, 0.29) is 5.75 Å². The highest BCUT2D eigenvalue weighted by molar-refractivity contribution is 5.78. The van der Waals surface area contributed by atoms with E-state index in [4.69, 9.17) is 10.5 Å². The molecule has 0 aliphatic carbocycles. The molecule has 0 bridgehead atoms. The Labute approximate surface area is 113 Å². The van der Waals surface area contributed by atoms with Crippen LogP contribution in [0.2, 0.25) is 0 Å². The zero-order valence-electron chi connectivity index (χ0n) is 11.6. The molecule has 0 heterocycles. The molecule has 1 aromatic rings. The third-order valence-electron chi connectivity index (χ3n) is 2.58. The number of nitrogens with one attached hydrogen (secondary N) is 1. The van der Waals surface area contributed by atoms with E-state index in [0.717, 1.165) is 12.1 Å². The first-order valence-corrected chi connectivity index (χ1v) is 6.35. The lowest BCUT2D eigenvalue weighted by Crippen LogP contribution is -2.30. The number of hydrogen-bond donors (Lipinski definition) is 2.